The Labute approximate surface area is 362 Å². The molecule has 0 radical (unpaired) electrons. The molecule has 15 heteroatoms. The van der Waals surface area contributed by atoms with Crippen molar-refractivity contribution in [1.82, 2.24) is 30.8 Å². The first-order chi connectivity index (χ1) is 29.3. The fraction of sp³-hybridized carbons (Fsp3) is 0.489. The number of aromatic amines is 2. The summed E-state index contributed by atoms with van der Waals surface area (Å²) < 4.78 is 10.9. The molecule has 1 aliphatic heterocycles. The second-order valence-electron chi connectivity index (χ2n) is 18.6. The molecule has 6 rings (SSSR count). The molecule has 1 saturated carbocycles. The Kier molecular flexibility index (Phi) is 14.1. The fourth-order valence-electron chi connectivity index (χ4n) is 8.00. The molecule has 2 heterocycles. The molecule has 15 nitrogen and oxygen atoms in total. The van der Waals surface area contributed by atoms with Crippen LogP contribution in [0.3, 0.4) is 0 Å². The molecule has 1 atom stereocenters. The summed E-state index contributed by atoms with van der Waals surface area (Å²) in [4.78, 5) is 84.4. The smallest absolute Gasteiger partial charge is 0.410 e. The van der Waals surface area contributed by atoms with Crippen molar-refractivity contribution in [3.63, 3.8) is 0 Å². The zero-order valence-electron chi connectivity index (χ0n) is 36.9. The number of aryl methyl sites for hydroxylation is 1. The van der Waals surface area contributed by atoms with E-state index in [1.807, 2.05) is 90.9 Å². The minimum atomic E-state index is -0.898. The van der Waals surface area contributed by atoms with Gasteiger partial charge in [-0.05, 0) is 145 Å². The molecule has 1 saturated heterocycles. The van der Waals surface area contributed by atoms with Gasteiger partial charge in [0.2, 0.25) is 11.8 Å². The number of aromatic nitrogens is 2. The Hall–Kier alpha value is -6.12. The molecule has 6 N–H and O–H groups in total. The van der Waals surface area contributed by atoms with Crippen LogP contribution in [0.25, 0.3) is 22.2 Å². The zero-order chi connectivity index (χ0) is 44.8. The van der Waals surface area contributed by atoms with Gasteiger partial charge < -0.3 is 45.6 Å². The van der Waals surface area contributed by atoms with Crippen molar-refractivity contribution < 1.29 is 33.4 Å². The van der Waals surface area contributed by atoms with E-state index in [4.69, 9.17) is 9.47 Å². The van der Waals surface area contributed by atoms with Crippen molar-refractivity contribution >= 4 is 46.6 Å². The molecule has 0 bridgehead atoms. The number of hydrogen-bond acceptors (Lipinski definition) is 8. The van der Waals surface area contributed by atoms with Gasteiger partial charge in [-0.25, -0.2) is 14.4 Å². The van der Waals surface area contributed by atoms with E-state index < -0.39 is 29.2 Å². The lowest BCUT2D eigenvalue weighted by Gasteiger charge is -2.33. The summed E-state index contributed by atoms with van der Waals surface area (Å²) in [7, 11) is 0. The van der Waals surface area contributed by atoms with Gasteiger partial charge in [-0.2, -0.15) is 0 Å². The molecule has 62 heavy (non-hydrogen) atoms. The van der Waals surface area contributed by atoms with Crippen molar-refractivity contribution in [3.05, 3.63) is 87.8 Å². The molecule has 0 spiro atoms. The first-order valence-corrected chi connectivity index (χ1v) is 21.6. The zero-order valence-corrected chi connectivity index (χ0v) is 36.9. The Bertz CT molecular complexity index is 2300. The van der Waals surface area contributed by atoms with E-state index in [0.717, 1.165) is 35.1 Å². The third-order valence-corrected chi connectivity index (χ3v) is 11.2. The Morgan fingerprint density at radius 1 is 0.790 bits per heavy atom. The molecule has 3 aromatic carbocycles. The molecule has 4 aromatic rings. The topological polar surface area (TPSA) is 204 Å². The Morgan fingerprint density at radius 2 is 1.45 bits per heavy atom. The van der Waals surface area contributed by atoms with Crippen LogP contribution in [0.5, 0.6) is 0 Å². The summed E-state index contributed by atoms with van der Waals surface area (Å²) in [5, 5.41) is 11.9. The maximum Gasteiger partial charge on any atom is 0.410 e. The SMILES string of the molecule is Cc1cc(C(=O)NC2CCN(C(=O)OC(C)(C)C)CC2)ccc1-c1ccc(CC(NC(=O)C2CCC(CNC(=O)OC(C)(C)C)CC2)C(=O)Nc2ccc3[nH]c(=O)[nH]c3c2)cc1. The van der Waals surface area contributed by atoms with Crippen LogP contribution >= 0.6 is 0 Å². The average Bonchev–Trinajstić information content (AvgIpc) is 3.58. The summed E-state index contributed by atoms with van der Waals surface area (Å²) in [5.74, 6) is -0.818. The summed E-state index contributed by atoms with van der Waals surface area (Å²) >= 11 is 0. The number of hydrogen-bond donors (Lipinski definition) is 6. The lowest BCUT2D eigenvalue weighted by molar-refractivity contribution is -0.130. The van der Waals surface area contributed by atoms with E-state index in [9.17, 15) is 28.8 Å². The van der Waals surface area contributed by atoms with Crippen LogP contribution in [0.4, 0.5) is 15.3 Å². The first kappa shape index (κ1) is 45.4. The minimum absolute atomic E-state index is 0.0485. The quantitative estimate of drug-likeness (QED) is 0.0929. The van der Waals surface area contributed by atoms with Gasteiger partial charge in [-0.1, -0.05) is 30.3 Å². The highest BCUT2D eigenvalue weighted by Crippen LogP contribution is 2.30. The van der Waals surface area contributed by atoms with E-state index in [1.165, 1.54) is 0 Å². The summed E-state index contributed by atoms with van der Waals surface area (Å²) in [6.07, 6.45) is 3.48. The first-order valence-electron chi connectivity index (χ1n) is 21.6. The van der Waals surface area contributed by atoms with Gasteiger partial charge in [-0.15, -0.1) is 0 Å². The Balaban J connectivity index is 1.07. The number of carbonyl (C=O) groups is 5. The predicted octanol–water partition coefficient (Wildman–Crippen LogP) is 6.96. The minimum Gasteiger partial charge on any atom is -0.444 e. The van der Waals surface area contributed by atoms with Crippen molar-refractivity contribution in [2.24, 2.45) is 11.8 Å². The lowest BCUT2D eigenvalue weighted by Crippen LogP contribution is -2.48. The van der Waals surface area contributed by atoms with Crippen LogP contribution in [0.2, 0.25) is 0 Å². The monoisotopic (exact) mass is 851 g/mol. The highest BCUT2D eigenvalue weighted by atomic mass is 16.6. The van der Waals surface area contributed by atoms with E-state index in [0.29, 0.717) is 67.6 Å². The normalized spacial score (nSPS) is 17.8. The van der Waals surface area contributed by atoms with E-state index >= 15 is 0 Å². The number of imidazole rings is 1. The number of H-pyrrole nitrogens is 2. The number of anilines is 1. The number of ether oxygens (including phenoxy) is 2. The van der Waals surface area contributed by atoms with Crippen LogP contribution in [0.15, 0.2) is 65.5 Å². The van der Waals surface area contributed by atoms with Gasteiger partial charge in [0.05, 0.1) is 11.0 Å². The lowest BCUT2D eigenvalue weighted by atomic mass is 9.81. The molecule has 5 amide bonds. The highest BCUT2D eigenvalue weighted by molar-refractivity contribution is 5.99. The number of carbonyl (C=O) groups excluding carboxylic acids is 5. The van der Waals surface area contributed by atoms with Crippen LogP contribution in [-0.4, -0.2) is 87.7 Å². The Morgan fingerprint density at radius 3 is 2.10 bits per heavy atom. The molecule has 2 aliphatic rings. The van der Waals surface area contributed by atoms with E-state index in [2.05, 4.69) is 31.2 Å². The van der Waals surface area contributed by atoms with Crippen molar-refractivity contribution in [3.8, 4) is 11.1 Å². The second-order valence-corrected chi connectivity index (χ2v) is 18.6. The number of nitrogens with zero attached hydrogens (tertiary/aromatic N) is 1. The van der Waals surface area contributed by atoms with Crippen molar-refractivity contribution in [1.29, 1.82) is 0 Å². The van der Waals surface area contributed by atoms with Gasteiger partial charge in [0, 0.05) is 49.3 Å². The molecule has 332 valence electrons. The van der Waals surface area contributed by atoms with Gasteiger partial charge in [0.15, 0.2) is 0 Å². The van der Waals surface area contributed by atoms with Gasteiger partial charge in [0.1, 0.15) is 17.2 Å². The maximum atomic E-state index is 13.9. The number of benzene rings is 3. The van der Waals surface area contributed by atoms with Gasteiger partial charge in [-0.3, -0.25) is 14.4 Å². The van der Waals surface area contributed by atoms with Crippen LogP contribution in [-0.2, 0) is 25.5 Å². The molecular weight excluding hydrogens is 791 g/mol. The van der Waals surface area contributed by atoms with Crippen molar-refractivity contribution in [2.45, 2.75) is 117 Å². The van der Waals surface area contributed by atoms with Gasteiger partial charge >= 0.3 is 17.9 Å². The highest BCUT2D eigenvalue weighted by Gasteiger charge is 2.31. The number of fused-ring (bicyclic) bond motifs is 1. The largest absolute Gasteiger partial charge is 0.444 e. The number of nitrogens with one attached hydrogen (secondary N) is 6. The fourth-order valence-corrected chi connectivity index (χ4v) is 8.00. The summed E-state index contributed by atoms with van der Waals surface area (Å²) in [6, 6.07) is 17.5. The number of rotatable bonds is 11. The number of likely N-dealkylation sites (tertiary alicyclic amines) is 1. The van der Waals surface area contributed by atoms with Crippen molar-refractivity contribution in [2.75, 3.05) is 25.0 Å². The average molecular weight is 852 g/mol. The molecule has 1 aliphatic carbocycles. The number of alkyl carbamates (subject to hydrolysis) is 1. The predicted molar refractivity (Wildman–Crippen MR) is 238 cm³/mol. The third-order valence-electron chi connectivity index (χ3n) is 11.2. The third kappa shape index (κ3) is 12.7. The van der Waals surface area contributed by atoms with Gasteiger partial charge in [0.25, 0.3) is 5.91 Å². The molecule has 1 unspecified atom stereocenters. The van der Waals surface area contributed by atoms with E-state index in [-0.39, 0.29) is 47.9 Å². The molecule has 1 aromatic heterocycles. The number of amides is 5. The van der Waals surface area contributed by atoms with Crippen LogP contribution < -0.4 is 27.0 Å². The molecule has 2 fully saturated rings. The van der Waals surface area contributed by atoms with Crippen LogP contribution in [0, 0.1) is 18.8 Å². The maximum absolute atomic E-state index is 13.9. The second kappa shape index (κ2) is 19.3. The summed E-state index contributed by atoms with van der Waals surface area (Å²) in [5.41, 5.74) is 4.33. The molecular formula is C47H61N7O8. The standard InChI is InChI=1S/C47H61N7O8/c1-28-24-33(41(56)49-34-20-22-54(23-21-34)45(60)62-47(5,6)7)16-18-36(28)31-12-8-29(9-13-31)25-39(42(57)50-35-17-19-37-38(26-35)53-43(58)52-37)51-40(55)32-14-10-30(11-15-32)27-48-44(59)61-46(2,3)4/h8-9,12-13,16-19,24,26,30,32,34,39H,10-11,14-15,20-23,25,27H2,1-7H3,(H,48,59)(H,49,56)(H,50,57)(H,51,55)(H2,52,53,58). The van der Waals surface area contributed by atoms with E-state index in [1.54, 1.807) is 23.1 Å². The number of piperidine rings is 1. The van der Waals surface area contributed by atoms with Crippen LogP contribution in [0.1, 0.15) is 102 Å². The summed E-state index contributed by atoms with van der Waals surface area (Å²) in [6.45, 7) is 14.4.